The van der Waals surface area contributed by atoms with E-state index in [2.05, 4.69) is 5.32 Å². The van der Waals surface area contributed by atoms with Gasteiger partial charge in [0.15, 0.2) is 0 Å². The lowest BCUT2D eigenvalue weighted by molar-refractivity contribution is -0.137. The van der Waals surface area contributed by atoms with Crippen molar-refractivity contribution in [2.75, 3.05) is 25.1 Å². The van der Waals surface area contributed by atoms with E-state index in [1.807, 2.05) is 0 Å². The van der Waals surface area contributed by atoms with Gasteiger partial charge in [0.05, 0.1) is 24.8 Å². The van der Waals surface area contributed by atoms with Crippen LogP contribution in [0, 0.1) is 5.92 Å². The summed E-state index contributed by atoms with van der Waals surface area (Å²) in [5.74, 6) is 0.332. The van der Waals surface area contributed by atoms with Crippen molar-refractivity contribution in [3.8, 4) is 5.75 Å². The molecule has 0 unspecified atom stereocenters. The number of β-amino-alcohol motifs (C(OH)–C–C–N with tert-alkyl or cyclic N) is 1. The largest absolute Gasteiger partial charge is 0.492 e. The van der Waals surface area contributed by atoms with Gasteiger partial charge in [-0.15, -0.1) is 0 Å². The molecule has 2 amide bonds. The molecule has 7 heteroatoms. The van der Waals surface area contributed by atoms with Crippen LogP contribution in [0.25, 0.3) is 0 Å². The second-order valence-electron chi connectivity index (χ2n) is 5.60. The third kappa shape index (κ3) is 3.65. The van der Waals surface area contributed by atoms with Crippen molar-refractivity contribution in [3.63, 3.8) is 0 Å². The molecule has 6 nitrogen and oxygen atoms in total. The van der Waals surface area contributed by atoms with Crippen LogP contribution in [0.3, 0.4) is 0 Å². The number of carbonyl (C=O) groups is 2. The molecule has 0 atom stereocenters. The number of aliphatic hydroxyl groups excluding tert-OH is 1. The monoisotopic (exact) mass is 336 g/mol. The van der Waals surface area contributed by atoms with Gasteiger partial charge in [-0.25, -0.2) is 0 Å². The molecule has 1 aromatic carbocycles. The molecule has 1 heterocycles. The lowest BCUT2D eigenvalue weighted by Crippen LogP contribution is -2.34. The maximum atomic E-state index is 12.1. The highest BCUT2D eigenvalue weighted by Crippen LogP contribution is 2.33. The molecule has 1 aromatic rings. The van der Waals surface area contributed by atoms with E-state index in [4.69, 9.17) is 21.4 Å². The fourth-order valence-corrected chi connectivity index (χ4v) is 2.49. The van der Waals surface area contributed by atoms with Crippen molar-refractivity contribution < 1.29 is 19.4 Å². The number of hydrogen-bond donors (Lipinski definition) is 2. The van der Waals surface area contributed by atoms with E-state index in [0.29, 0.717) is 29.0 Å². The van der Waals surface area contributed by atoms with Gasteiger partial charge in [0.25, 0.3) is 11.8 Å². The van der Waals surface area contributed by atoms with E-state index in [1.54, 1.807) is 18.2 Å². The average molecular weight is 337 g/mol. The summed E-state index contributed by atoms with van der Waals surface area (Å²) in [5.41, 5.74) is 0.748. The van der Waals surface area contributed by atoms with Crippen LogP contribution in [0.2, 0.25) is 5.02 Å². The summed E-state index contributed by atoms with van der Waals surface area (Å²) in [5, 5.41) is 12.2. The Hall–Kier alpha value is -2.05. The zero-order chi connectivity index (χ0) is 16.4. The van der Waals surface area contributed by atoms with Crippen molar-refractivity contribution >= 4 is 29.1 Å². The topological polar surface area (TPSA) is 78.9 Å². The predicted molar refractivity (Wildman–Crippen MR) is 85.2 cm³/mol. The van der Waals surface area contributed by atoms with E-state index in [-0.39, 0.29) is 18.8 Å². The minimum Gasteiger partial charge on any atom is -0.492 e. The third-order valence-corrected chi connectivity index (χ3v) is 4.01. The Balaban J connectivity index is 1.66. The van der Waals surface area contributed by atoms with Gasteiger partial charge in [0, 0.05) is 11.8 Å². The van der Waals surface area contributed by atoms with Gasteiger partial charge < -0.3 is 15.2 Å². The van der Waals surface area contributed by atoms with Crippen LogP contribution >= 0.6 is 11.6 Å². The number of imide groups is 1. The summed E-state index contributed by atoms with van der Waals surface area (Å²) >= 11 is 6.18. The van der Waals surface area contributed by atoms with Crippen molar-refractivity contribution in [1.29, 1.82) is 0 Å². The highest BCUT2D eigenvalue weighted by atomic mass is 35.5. The molecule has 122 valence electrons. The minimum atomic E-state index is -0.464. The quantitative estimate of drug-likeness (QED) is 0.742. The molecular formula is C16H17ClN2O4. The SMILES string of the molecule is O=C1C=C(Nc2ccc(OCC3CC3)c(Cl)c2)C(=O)N1CCO. The first-order chi connectivity index (χ1) is 11.1. The average Bonchev–Trinajstić information content (AvgIpc) is 3.30. The van der Waals surface area contributed by atoms with E-state index in [9.17, 15) is 9.59 Å². The Morgan fingerprint density at radius 3 is 2.78 bits per heavy atom. The van der Waals surface area contributed by atoms with Gasteiger partial charge >= 0.3 is 0 Å². The van der Waals surface area contributed by atoms with Crippen LogP contribution in [0.5, 0.6) is 5.75 Å². The highest BCUT2D eigenvalue weighted by Gasteiger charge is 2.30. The van der Waals surface area contributed by atoms with Gasteiger partial charge in [0.1, 0.15) is 11.4 Å². The van der Waals surface area contributed by atoms with Gasteiger partial charge in [-0.05, 0) is 37.0 Å². The summed E-state index contributed by atoms with van der Waals surface area (Å²) in [4.78, 5) is 24.7. The highest BCUT2D eigenvalue weighted by molar-refractivity contribution is 6.32. The summed E-state index contributed by atoms with van der Waals surface area (Å²) in [6, 6.07) is 5.12. The molecule has 0 aromatic heterocycles. The van der Waals surface area contributed by atoms with Crippen molar-refractivity contribution in [2.45, 2.75) is 12.8 Å². The van der Waals surface area contributed by atoms with E-state index < -0.39 is 11.8 Å². The molecule has 1 saturated carbocycles. The summed E-state index contributed by atoms with van der Waals surface area (Å²) in [7, 11) is 0. The molecule has 0 saturated heterocycles. The third-order valence-electron chi connectivity index (χ3n) is 3.72. The van der Waals surface area contributed by atoms with E-state index >= 15 is 0 Å². The molecule has 2 N–H and O–H groups in total. The minimum absolute atomic E-state index is 0.0198. The maximum Gasteiger partial charge on any atom is 0.277 e. The summed E-state index contributed by atoms with van der Waals surface area (Å²) < 4.78 is 5.64. The Kier molecular flexibility index (Phi) is 4.54. The molecule has 0 radical (unpaired) electrons. The Labute approximate surface area is 138 Å². The molecule has 0 spiro atoms. The lowest BCUT2D eigenvalue weighted by Gasteiger charge is -2.14. The normalized spacial score (nSPS) is 17.5. The first kappa shape index (κ1) is 15.8. The second kappa shape index (κ2) is 6.60. The lowest BCUT2D eigenvalue weighted by atomic mass is 10.2. The molecule has 1 fully saturated rings. The van der Waals surface area contributed by atoms with Crippen LogP contribution in [-0.4, -0.2) is 41.6 Å². The standard InChI is InChI=1S/C16H17ClN2O4/c17-12-7-11(3-4-14(12)23-9-10-1-2-10)18-13-8-15(21)19(5-6-20)16(13)22/h3-4,7-8,10,18,20H,1-2,5-6,9H2. The first-order valence-corrected chi connectivity index (χ1v) is 7.84. The zero-order valence-electron chi connectivity index (χ0n) is 12.4. The number of nitrogens with one attached hydrogen (secondary N) is 1. The Morgan fingerprint density at radius 1 is 1.35 bits per heavy atom. The Bertz CT molecular complexity index is 670. The van der Waals surface area contributed by atoms with Gasteiger partial charge in [0.2, 0.25) is 0 Å². The van der Waals surface area contributed by atoms with Gasteiger partial charge in [-0.3, -0.25) is 14.5 Å². The fraction of sp³-hybridized carbons (Fsp3) is 0.375. The zero-order valence-corrected chi connectivity index (χ0v) is 13.2. The number of hydrogen-bond acceptors (Lipinski definition) is 5. The number of benzene rings is 1. The number of ether oxygens (including phenoxy) is 1. The predicted octanol–water partition coefficient (Wildman–Crippen LogP) is 1.79. The van der Waals surface area contributed by atoms with Crippen molar-refractivity contribution in [1.82, 2.24) is 4.90 Å². The molecule has 3 rings (SSSR count). The molecule has 23 heavy (non-hydrogen) atoms. The number of aliphatic hydroxyl groups is 1. The van der Waals surface area contributed by atoms with Crippen molar-refractivity contribution in [3.05, 3.63) is 35.0 Å². The number of amides is 2. The van der Waals surface area contributed by atoms with Crippen molar-refractivity contribution in [2.24, 2.45) is 5.92 Å². The van der Waals surface area contributed by atoms with E-state index in [0.717, 1.165) is 4.90 Å². The van der Waals surface area contributed by atoms with Crippen LogP contribution in [-0.2, 0) is 9.59 Å². The smallest absolute Gasteiger partial charge is 0.277 e. The second-order valence-corrected chi connectivity index (χ2v) is 6.01. The van der Waals surface area contributed by atoms with E-state index in [1.165, 1.54) is 18.9 Å². The summed E-state index contributed by atoms with van der Waals surface area (Å²) in [6.07, 6.45) is 3.61. The molecule has 1 aliphatic carbocycles. The molecular weight excluding hydrogens is 320 g/mol. The maximum absolute atomic E-state index is 12.1. The van der Waals surface area contributed by atoms with Crippen LogP contribution in [0.1, 0.15) is 12.8 Å². The van der Waals surface area contributed by atoms with Crippen LogP contribution in [0.4, 0.5) is 5.69 Å². The van der Waals surface area contributed by atoms with Crippen LogP contribution in [0.15, 0.2) is 30.0 Å². The molecule has 1 aliphatic heterocycles. The fourth-order valence-electron chi connectivity index (χ4n) is 2.25. The Morgan fingerprint density at radius 2 is 2.13 bits per heavy atom. The molecule has 2 aliphatic rings. The number of nitrogens with zero attached hydrogens (tertiary/aromatic N) is 1. The summed E-state index contributed by atoms with van der Waals surface area (Å²) in [6.45, 7) is 0.381. The van der Waals surface area contributed by atoms with Gasteiger partial charge in [-0.2, -0.15) is 0 Å². The number of rotatable bonds is 7. The number of anilines is 1. The first-order valence-electron chi connectivity index (χ1n) is 7.46. The number of carbonyl (C=O) groups excluding carboxylic acids is 2. The number of halogens is 1. The van der Waals surface area contributed by atoms with Gasteiger partial charge in [-0.1, -0.05) is 11.6 Å². The van der Waals surface area contributed by atoms with Crippen LogP contribution < -0.4 is 10.1 Å². The molecule has 0 bridgehead atoms.